The highest BCUT2D eigenvalue weighted by Gasteiger charge is 2.50. The average Bonchev–Trinajstić information content (AvgIpc) is 2.97. The molecule has 0 aromatic heterocycles. The third kappa shape index (κ3) is 4.03. The average molecular weight is 492 g/mol. The second-order valence-corrected chi connectivity index (χ2v) is 10.1. The van der Waals surface area contributed by atoms with Gasteiger partial charge in [0, 0.05) is 15.6 Å². The lowest BCUT2D eigenvalue weighted by atomic mass is 9.85. The number of aliphatic hydroxyl groups is 1. The zero-order chi connectivity index (χ0) is 23.1. The molecule has 0 spiro atoms. The summed E-state index contributed by atoms with van der Waals surface area (Å²) in [4.78, 5) is 28.1. The van der Waals surface area contributed by atoms with Crippen molar-refractivity contribution in [3.05, 3.63) is 99.5 Å². The van der Waals surface area contributed by atoms with Crippen LogP contribution in [-0.4, -0.2) is 16.8 Å². The number of amides is 1. The fourth-order valence-corrected chi connectivity index (χ4v) is 4.53. The third-order valence-electron chi connectivity index (χ3n) is 6.01. The van der Waals surface area contributed by atoms with Crippen LogP contribution in [0.15, 0.2) is 77.3 Å². The molecule has 0 bridgehead atoms. The van der Waals surface area contributed by atoms with E-state index in [4.69, 9.17) is 0 Å². The molecule has 0 radical (unpaired) electrons. The SMILES string of the molecule is CC(C)(C)c1ccc(C(=O)CC2(O)C(=O)N(Cc3ccccc3Br)c3ccccc32)cc1. The summed E-state index contributed by atoms with van der Waals surface area (Å²) in [5.41, 5.74) is 1.72. The molecule has 3 aromatic rings. The van der Waals surface area contributed by atoms with E-state index in [-0.39, 0.29) is 17.6 Å². The lowest BCUT2D eigenvalue weighted by Crippen LogP contribution is -2.41. The summed E-state index contributed by atoms with van der Waals surface area (Å²) in [5.74, 6) is -0.743. The number of ketones is 1. The molecule has 1 unspecified atom stereocenters. The van der Waals surface area contributed by atoms with Crippen LogP contribution in [0.4, 0.5) is 5.69 Å². The molecule has 3 aromatic carbocycles. The van der Waals surface area contributed by atoms with Crippen molar-refractivity contribution in [1.82, 2.24) is 0 Å². The van der Waals surface area contributed by atoms with Gasteiger partial charge in [0.2, 0.25) is 0 Å². The monoisotopic (exact) mass is 491 g/mol. The van der Waals surface area contributed by atoms with Crippen LogP contribution in [0.3, 0.4) is 0 Å². The van der Waals surface area contributed by atoms with Gasteiger partial charge in [0.1, 0.15) is 0 Å². The van der Waals surface area contributed by atoms with E-state index in [0.29, 0.717) is 23.4 Å². The van der Waals surface area contributed by atoms with Gasteiger partial charge in [-0.2, -0.15) is 0 Å². The summed E-state index contributed by atoms with van der Waals surface area (Å²) in [7, 11) is 0. The predicted octanol–water partition coefficient (Wildman–Crippen LogP) is 5.75. The fraction of sp³-hybridized carbons (Fsp3) is 0.259. The van der Waals surface area contributed by atoms with Crippen molar-refractivity contribution in [2.75, 3.05) is 4.90 Å². The summed E-state index contributed by atoms with van der Waals surface area (Å²) in [6.45, 7) is 6.63. The van der Waals surface area contributed by atoms with Crippen LogP contribution in [0.5, 0.6) is 0 Å². The quantitative estimate of drug-likeness (QED) is 0.462. The molecule has 5 heteroatoms. The summed E-state index contributed by atoms with van der Waals surface area (Å²) >= 11 is 3.53. The van der Waals surface area contributed by atoms with Gasteiger partial charge in [-0.15, -0.1) is 0 Å². The molecular formula is C27H26BrNO3. The van der Waals surface area contributed by atoms with Crippen molar-refractivity contribution in [2.24, 2.45) is 0 Å². The van der Waals surface area contributed by atoms with Gasteiger partial charge in [-0.1, -0.05) is 97.4 Å². The van der Waals surface area contributed by atoms with E-state index in [2.05, 4.69) is 36.7 Å². The first-order valence-corrected chi connectivity index (χ1v) is 11.4. The highest BCUT2D eigenvalue weighted by Crippen LogP contribution is 2.44. The predicted molar refractivity (Wildman–Crippen MR) is 130 cm³/mol. The molecule has 4 rings (SSSR count). The largest absolute Gasteiger partial charge is 0.375 e. The van der Waals surface area contributed by atoms with Crippen molar-refractivity contribution in [3.63, 3.8) is 0 Å². The molecule has 4 nitrogen and oxygen atoms in total. The van der Waals surface area contributed by atoms with Gasteiger partial charge >= 0.3 is 0 Å². The molecule has 1 N–H and O–H groups in total. The number of benzene rings is 3. The van der Waals surface area contributed by atoms with Crippen LogP contribution >= 0.6 is 15.9 Å². The molecule has 0 fully saturated rings. The Balaban J connectivity index is 1.64. The van der Waals surface area contributed by atoms with Gasteiger partial charge in [0.25, 0.3) is 5.91 Å². The molecule has 1 atom stereocenters. The number of fused-ring (bicyclic) bond motifs is 1. The molecule has 0 aliphatic carbocycles. The van der Waals surface area contributed by atoms with E-state index in [1.165, 1.54) is 0 Å². The normalized spacial score (nSPS) is 18.0. The number of Topliss-reactive ketones (excluding diaryl/α,β-unsaturated/α-hetero) is 1. The number of para-hydroxylation sites is 1. The van der Waals surface area contributed by atoms with Gasteiger partial charge in [-0.05, 0) is 28.7 Å². The molecule has 1 heterocycles. The molecule has 1 amide bonds. The maximum absolute atomic E-state index is 13.5. The Morgan fingerprint density at radius 2 is 1.59 bits per heavy atom. The summed E-state index contributed by atoms with van der Waals surface area (Å²) in [6.07, 6.45) is -0.301. The lowest BCUT2D eigenvalue weighted by molar-refractivity contribution is -0.136. The summed E-state index contributed by atoms with van der Waals surface area (Å²) in [6, 6.07) is 22.2. The minimum atomic E-state index is -1.89. The second-order valence-electron chi connectivity index (χ2n) is 9.29. The molecule has 1 aliphatic heterocycles. The lowest BCUT2D eigenvalue weighted by Gasteiger charge is -2.23. The zero-order valence-electron chi connectivity index (χ0n) is 18.4. The Labute approximate surface area is 197 Å². The smallest absolute Gasteiger partial charge is 0.264 e. The van der Waals surface area contributed by atoms with E-state index < -0.39 is 11.5 Å². The summed E-state index contributed by atoms with van der Waals surface area (Å²) < 4.78 is 0.885. The number of halogens is 1. The van der Waals surface area contributed by atoms with Crippen molar-refractivity contribution >= 4 is 33.3 Å². The number of hydrogen-bond donors (Lipinski definition) is 1. The van der Waals surface area contributed by atoms with Crippen LogP contribution in [0.1, 0.15) is 54.2 Å². The topological polar surface area (TPSA) is 57.6 Å². The van der Waals surface area contributed by atoms with Crippen LogP contribution in [0, 0.1) is 0 Å². The highest BCUT2D eigenvalue weighted by atomic mass is 79.9. The van der Waals surface area contributed by atoms with Gasteiger partial charge in [0.05, 0.1) is 18.7 Å². The molecular weight excluding hydrogens is 466 g/mol. The number of hydrogen-bond acceptors (Lipinski definition) is 3. The Morgan fingerprint density at radius 3 is 2.25 bits per heavy atom. The number of rotatable bonds is 5. The van der Waals surface area contributed by atoms with Crippen molar-refractivity contribution < 1.29 is 14.7 Å². The second kappa shape index (κ2) is 8.30. The maximum Gasteiger partial charge on any atom is 0.264 e. The van der Waals surface area contributed by atoms with E-state index in [1.807, 2.05) is 48.5 Å². The van der Waals surface area contributed by atoms with Gasteiger partial charge in [0.15, 0.2) is 11.4 Å². The summed E-state index contributed by atoms with van der Waals surface area (Å²) in [5, 5.41) is 11.5. The molecule has 0 saturated heterocycles. The van der Waals surface area contributed by atoms with Gasteiger partial charge < -0.3 is 10.0 Å². The minimum Gasteiger partial charge on any atom is -0.375 e. The van der Waals surface area contributed by atoms with E-state index in [9.17, 15) is 14.7 Å². The standard InChI is InChI=1S/C27H26BrNO3/c1-26(2,3)20-14-12-18(13-15-20)24(30)16-27(32)21-9-5-7-11-23(21)29(25(27)31)17-19-8-4-6-10-22(19)28/h4-15,32H,16-17H2,1-3H3. The van der Waals surface area contributed by atoms with Crippen LogP contribution in [-0.2, 0) is 22.4 Å². The number of nitrogens with zero attached hydrogens (tertiary/aromatic N) is 1. The Hall–Kier alpha value is -2.76. The van der Waals surface area contributed by atoms with E-state index in [0.717, 1.165) is 15.6 Å². The first-order chi connectivity index (χ1) is 15.1. The van der Waals surface area contributed by atoms with Crippen molar-refractivity contribution in [1.29, 1.82) is 0 Å². The van der Waals surface area contributed by atoms with Crippen LogP contribution in [0.25, 0.3) is 0 Å². The van der Waals surface area contributed by atoms with E-state index >= 15 is 0 Å². The molecule has 0 saturated carbocycles. The Kier molecular flexibility index (Phi) is 5.82. The Morgan fingerprint density at radius 1 is 0.969 bits per heavy atom. The molecule has 32 heavy (non-hydrogen) atoms. The van der Waals surface area contributed by atoms with Gasteiger partial charge in [-0.25, -0.2) is 0 Å². The Bertz CT molecular complexity index is 1180. The number of carbonyl (C=O) groups excluding carboxylic acids is 2. The molecule has 164 valence electrons. The minimum absolute atomic E-state index is 0.0215. The first-order valence-electron chi connectivity index (χ1n) is 10.6. The fourth-order valence-electron chi connectivity index (χ4n) is 4.12. The maximum atomic E-state index is 13.5. The van der Waals surface area contributed by atoms with Crippen molar-refractivity contribution in [2.45, 2.75) is 44.8 Å². The number of anilines is 1. The molecule has 1 aliphatic rings. The zero-order valence-corrected chi connectivity index (χ0v) is 20.0. The van der Waals surface area contributed by atoms with Gasteiger partial charge in [-0.3, -0.25) is 9.59 Å². The first kappa shape index (κ1) is 22.4. The van der Waals surface area contributed by atoms with Crippen LogP contribution in [0.2, 0.25) is 0 Å². The third-order valence-corrected chi connectivity index (χ3v) is 6.79. The number of carbonyl (C=O) groups is 2. The highest BCUT2D eigenvalue weighted by molar-refractivity contribution is 9.10. The van der Waals surface area contributed by atoms with E-state index in [1.54, 1.807) is 29.2 Å². The van der Waals surface area contributed by atoms with Crippen LogP contribution < -0.4 is 4.90 Å². The van der Waals surface area contributed by atoms with Crippen molar-refractivity contribution in [3.8, 4) is 0 Å².